The van der Waals surface area contributed by atoms with Crippen LogP contribution in [0.3, 0.4) is 0 Å². The maximum absolute atomic E-state index is 12.1. The number of nitrogens with one attached hydrogen (secondary N) is 2. The largest absolute Gasteiger partial charge is 0.365 e. The Morgan fingerprint density at radius 2 is 2.31 bits per heavy atom. The molecule has 2 heterocycles. The van der Waals surface area contributed by atoms with Crippen LogP contribution in [0, 0.1) is 0 Å². The molecule has 0 bridgehead atoms. The maximum Gasteiger partial charge on any atom is 0.252 e. The molecule has 2 fully saturated rings. The minimum atomic E-state index is -0.580. The van der Waals surface area contributed by atoms with Crippen LogP contribution in [0.5, 0.6) is 0 Å². The fourth-order valence-electron chi connectivity index (χ4n) is 2.42. The van der Waals surface area contributed by atoms with Gasteiger partial charge in [-0.1, -0.05) is 0 Å². The Hall–Kier alpha value is -0.610. The van der Waals surface area contributed by atoms with Crippen molar-refractivity contribution < 1.29 is 9.53 Å². The number of rotatable bonds is 2. The van der Waals surface area contributed by atoms with Crippen LogP contribution >= 0.6 is 0 Å². The van der Waals surface area contributed by atoms with Crippen molar-refractivity contribution in [2.24, 2.45) is 0 Å². The van der Waals surface area contributed by atoms with E-state index in [0.717, 1.165) is 32.2 Å². The predicted molar refractivity (Wildman–Crippen MR) is 62.2 cm³/mol. The standard InChI is InChI=1S/C12H22N2O2/c1-9-4-5-10(8-13-9)14-11(15)12(2)6-3-7-16-12/h9-10,13H,3-8H2,1-2H3,(H,14,15). The Morgan fingerprint density at radius 1 is 1.50 bits per heavy atom. The van der Waals surface area contributed by atoms with E-state index in [1.807, 2.05) is 6.92 Å². The highest BCUT2D eigenvalue weighted by atomic mass is 16.5. The molecule has 2 rings (SSSR count). The summed E-state index contributed by atoms with van der Waals surface area (Å²) in [5.41, 5.74) is -0.580. The molecule has 0 aromatic rings. The summed E-state index contributed by atoms with van der Waals surface area (Å²) in [5.74, 6) is 0.0614. The van der Waals surface area contributed by atoms with Gasteiger partial charge in [0, 0.05) is 25.2 Å². The molecule has 16 heavy (non-hydrogen) atoms. The Balaban J connectivity index is 1.83. The van der Waals surface area contributed by atoms with Gasteiger partial charge in [0.1, 0.15) is 5.60 Å². The Morgan fingerprint density at radius 3 is 2.88 bits per heavy atom. The minimum Gasteiger partial charge on any atom is -0.365 e. The fourth-order valence-corrected chi connectivity index (χ4v) is 2.42. The molecule has 4 nitrogen and oxygen atoms in total. The van der Waals surface area contributed by atoms with Gasteiger partial charge in [0.15, 0.2) is 0 Å². The molecule has 92 valence electrons. The molecule has 0 aromatic carbocycles. The summed E-state index contributed by atoms with van der Waals surface area (Å²) >= 11 is 0. The Kier molecular flexibility index (Phi) is 3.50. The minimum absolute atomic E-state index is 0.0614. The van der Waals surface area contributed by atoms with Gasteiger partial charge in [0.2, 0.25) is 0 Å². The van der Waals surface area contributed by atoms with E-state index in [1.165, 1.54) is 0 Å². The molecule has 0 radical (unpaired) electrons. The normalized spacial score (nSPS) is 39.6. The van der Waals surface area contributed by atoms with Gasteiger partial charge in [0.05, 0.1) is 0 Å². The van der Waals surface area contributed by atoms with Crippen LogP contribution < -0.4 is 10.6 Å². The molecular formula is C12H22N2O2. The molecule has 0 spiro atoms. The van der Waals surface area contributed by atoms with Gasteiger partial charge in [0.25, 0.3) is 5.91 Å². The van der Waals surface area contributed by atoms with Gasteiger partial charge in [-0.15, -0.1) is 0 Å². The zero-order valence-electron chi connectivity index (χ0n) is 10.2. The van der Waals surface area contributed by atoms with Crippen molar-refractivity contribution >= 4 is 5.91 Å². The van der Waals surface area contributed by atoms with E-state index in [-0.39, 0.29) is 11.9 Å². The summed E-state index contributed by atoms with van der Waals surface area (Å²) in [6, 6.07) is 0.844. The molecule has 2 aliphatic heterocycles. The van der Waals surface area contributed by atoms with Crippen molar-refractivity contribution in [1.82, 2.24) is 10.6 Å². The van der Waals surface area contributed by atoms with Crippen LogP contribution in [0.25, 0.3) is 0 Å². The first-order valence-corrected chi connectivity index (χ1v) is 6.28. The van der Waals surface area contributed by atoms with Gasteiger partial charge >= 0.3 is 0 Å². The van der Waals surface area contributed by atoms with Crippen LogP contribution in [-0.2, 0) is 9.53 Å². The maximum atomic E-state index is 12.1. The van der Waals surface area contributed by atoms with Gasteiger partial charge in [-0.3, -0.25) is 4.79 Å². The molecule has 3 unspecified atom stereocenters. The number of hydrogen-bond donors (Lipinski definition) is 2. The number of carbonyl (C=O) groups is 1. The monoisotopic (exact) mass is 226 g/mol. The highest BCUT2D eigenvalue weighted by Gasteiger charge is 2.38. The third kappa shape index (κ3) is 2.55. The Bertz CT molecular complexity index is 254. The number of amides is 1. The topological polar surface area (TPSA) is 50.4 Å². The lowest BCUT2D eigenvalue weighted by atomic mass is 9.98. The molecule has 1 amide bonds. The molecule has 0 aromatic heterocycles. The lowest BCUT2D eigenvalue weighted by Gasteiger charge is -2.31. The fraction of sp³-hybridized carbons (Fsp3) is 0.917. The average molecular weight is 226 g/mol. The molecule has 2 saturated heterocycles. The lowest BCUT2D eigenvalue weighted by Crippen LogP contribution is -2.54. The van der Waals surface area contributed by atoms with Crippen LogP contribution in [0.15, 0.2) is 0 Å². The van der Waals surface area contributed by atoms with Gasteiger partial charge < -0.3 is 15.4 Å². The van der Waals surface area contributed by atoms with E-state index in [2.05, 4.69) is 17.6 Å². The zero-order chi connectivity index (χ0) is 11.6. The highest BCUT2D eigenvalue weighted by molar-refractivity contribution is 5.85. The second-order valence-corrected chi connectivity index (χ2v) is 5.24. The molecule has 0 saturated carbocycles. The van der Waals surface area contributed by atoms with Crippen molar-refractivity contribution in [3.8, 4) is 0 Å². The van der Waals surface area contributed by atoms with Gasteiger partial charge in [-0.2, -0.15) is 0 Å². The van der Waals surface area contributed by atoms with E-state index < -0.39 is 5.60 Å². The summed E-state index contributed by atoms with van der Waals surface area (Å²) in [6.45, 7) is 5.67. The van der Waals surface area contributed by atoms with Gasteiger partial charge in [-0.25, -0.2) is 0 Å². The van der Waals surface area contributed by atoms with Crippen molar-refractivity contribution in [3.63, 3.8) is 0 Å². The Labute approximate surface area is 97.1 Å². The lowest BCUT2D eigenvalue weighted by molar-refractivity contribution is -0.140. The SMILES string of the molecule is CC1CCC(NC(=O)C2(C)CCCO2)CN1. The number of hydrogen-bond acceptors (Lipinski definition) is 3. The number of piperidine rings is 1. The van der Waals surface area contributed by atoms with Crippen molar-refractivity contribution in [3.05, 3.63) is 0 Å². The van der Waals surface area contributed by atoms with Crippen LogP contribution in [0.4, 0.5) is 0 Å². The van der Waals surface area contributed by atoms with Crippen LogP contribution in [-0.4, -0.2) is 36.7 Å². The smallest absolute Gasteiger partial charge is 0.252 e. The number of carbonyl (C=O) groups excluding carboxylic acids is 1. The van der Waals surface area contributed by atoms with E-state index in [9.17, 15) is 4.79 Å². The van der Waals surface area contributed by atoms with E-state index >= 15 is 0 Å². The first-order chi connectivity index (χ1) is 7.60. The molecule has 0 aliphatic carbocycles. The summed E-state index contributed by atoms with van der Waals surface area (Å²) < 4.78 is 5.53. The summed E-state index contributed by atoms with van der Waals surface area (Å²) in [4.78, 5) is 12.1. The van der Waals surface area contributed by atoms with Crippen molar-refractivity contribution in [2.75, 3.05) is 13.2 Å². The molecule has 4 heteroatoms. The molecule has 3 atom stereocenters. The first kappa shape index (κ1) is 11.9. The summed E-state index contributed by atoms with van der Waals surface area (Å²) in [5, 5.41) is 6.48. The molecular weight excluding hydrogens is 204 g/mol. The van der Waals surface area contributed by atoms with E-state index in [1.54, 1.807) is 0 Å². The predicted octanol–water partition coefficient (Wildman–Crippen LogP) is 0.812. The highest BCUT2D eigenvalue weighted by Crippen LogP contribution is 2.25. The quantitative estimate of drug-likeness (QED) is 0.732. The molecule has 2 aliphatic rings. The van der Waals surface area contributed by atoms with Crippen LogP contribution in [0.1, 0.15) is 39.5 Å². The van der Waals surface area contributed by atoms with Crippen molar-refractivity contribution in [2.45, 2.75) is 57.2 Å². The van der Waals surface area contributed by atoms with E-state index in [0.29, 0.717) is 12.6 Å². The average Bonchev–Trinajstić information content (AvgIpc) is 2.70. The number of ether oxygens (including phenoxy) is 1. The summed E-state index contributed by atoms with van der Waals surface area (Å²) in [7, 11) is 0. The summed E-state index contributed by atoms with van der Waals surface area (Å²) in [6.07, 6.45) is 4.03. The second kappa shape index (κ2) is 4.72. The van der Waals surface area contributed by atoms with Crippen molar-refractivity contribution in [1.29, 1.82) is 0 Å². The third-order valence-electron chi connectivity index (χ3n) is 3.70. The molecule has 2 N–H and O–H groups in total. The van der Waals surface area contributed by atoms with Crippen LogP contribution in [0.2, 0.25) is 0 Å². The first-order valence-electron chi connectivity index (χ1n) is 6.28. The third-order valence-corrected chi connectivity index (χ3v) is 3.70. The van der Waals surface area contributed by atoms with Gasteiger partial charge in [-0.05, 0) is 39.5 Å². The second-order valence-electron chi connectivity index (χ2n) is 5.24. The van der Waals surface area contributed by atoms with E-state index in [4.69, 9.17) is 4.74 Å². The zero-order valence-corrected chi connectivity index (χ0v) is 10.2.